The number of carbonyl (C=O) groups excluding carboxylic acids is 2. The van der Waals surface area contributed by atoms with Crippen molar-refractivity contribution in [3.05, 3.63) is 83.9 Å². The van der Waals surface area contributed by atoms with Gasteiger partial charge in [-0.05, 0) is 41.3 Å². The van der Waals surface area contributed by atoms with Crippen molar-refractivity contribution < 1.29 is 19.1 Å². The summed E-state index contributed by atoms with van der Waals surface area (Å²) in [6, 6.07) is 15.4. The average molecular weight is 509 g/mol. The highest BCUT2D eigenvalue weighted by Crippen LogP contribution is 2.28. The summed E-state index contributed by atoms with van der Waals surface area (Å²) in [5, 5.41) is 6.68. The third kappa shape index (κ3) is 5.70. The van der Waals surface area contributed by atoms with E-state index in [1.807, 2.05) is 53.9 Å². The molecule has 4 rings (SSSR count). The number of amides is 1. The molecule has 0 saturated carbocycles. The number of hydrogen-bond acceptors (Lipinski definition) is 7. The van der Waals surface area contributed by atoms with Crippen molar-refractivity contribution in [1.29, 1.82) is 0 Å². The third-order valence-electron chi connectivity index (χ3n) is 5.23. The lowest BCUT2D eigenvalue weighted by molar-refractivity contribution is -0.135. The Morgan fingerprint density at radius 1 is 1.11 bits per heavy atom. The van der Waals surface area contributed by atoms with Gasteiger partial charge in [0, 0.05) is 10.4 Å². The number of rotatable bonds is 8. The molecule has 1 amide bonds. The minimum Gasteiger partial charge on any atom is -0.496 e. The molecule has 7 nitrogen and oxygen atoms in total. The fourth-order valence-electron chi connectivity index (χ4n) is 3.61. The van der Waals surface area contributed by atoms with Crippen LogP contribution in [0.3, 0.4) is 0 Å². The van der Waals surface area contributed by atoms with E-state index in [-0.39, 0.29) is 24.6 Å². The SMILES string of the molecule is CCOC(=O)/C=c1\s/c(=C\c2c(OC)ccc3ccccc23)c(=O)n1CC(=O)NCc1cccs1. The van der Waals surface area contributed by atoms with Crippen LogP contribution in [0.4, 0.5) is 0 Å². The van der Waals surface area contributed by atoms with Gasteiger partial charge in [-0.1, -0.05) is 36.4 Å². The highest BCUT2D eigenvalue weighted by Gasteiger charge is 2.13. The fourth-order valence-corrected chi connectivity index (χ4v) is 5.27. The van der Waals surface area contributed by atoms with E-state index in [2.05, 4.69) is 5.32 Å². The number of hydrogen-bond donors (Lipinski definition) is 1. The van der Waals surface area contributed by atoms with Gasteiger partial charge in [-0.15, -0.1) is 22.7 Å². The third-order valence-corrected chi connectivity index (χ3v) is 7.17. The van der Waals surface area contributed by atoms with Crippen molar-refractivity contribution in [2.24, 2.45) is 0 Å². The summed E-state index contributed by atoms with van der Waals surface area (Å²) in [5.74, 6) is -0.283. The Hall–Kier alpha value is -3.69. The van der Waals surface area contributed by atoms with E-state index in [9.17, 15) is 14.4 Å². The second kappa shape index (κ2) is 11.2. The molecule has 2 aromatic carbocycles. The lowest BCUT2D eigenvalue weighted by Gasteiger charge is -2.08. The number of nitrogens with one attached hydrogen (secondary N) is 1. The Labute approximate surface area is 209 Å². The second-order valence-electron chi connectivity index (χ2n) is 7.50. The number of fused-ring (bicyclic) bond motifs is 1. The van der Waals surface area contributed by atoms with E-state index in [0.29, 0.717) is 21.5 Å². The number of ether oxygens (including phenoxy) is 2. The maximum Gasteiger partial charge on any atom is 0.333 e. The van der Waals surface area contributed by atoms with Crippen molar-refractivity contribution in [2.75, 3.05) is 13.7 Å². The minimum atomic E-state index is -0.573. The summed E-state index contributed by atoms with van der Waals surface area (Å²) in [4.78, 5) is 39.2. The summed E-state index contributed by atoms with van der Waals surface area (Å²) in [6.45, 7) is 2.07. The Kier molecular flexibility index (Phi) is 7.79. The minimum absolute atomic E-state index is 0.207. The van der Waals surface area contributed by atoms with E-state index in [1.165, 1.54) is 22.0 Å². The zero-order valence-corrected chi connectivity index (χ0v) is 20.9. The van der Waals surface area contributed by atoms with Crippen LogP contribution in [-0.4, -0.2) is 30.2 Å². The number of thiazole rings is 1. The zero-order chi connectivity index (χ0) is 24.8. The van der Waals surface area contributed by atoms with Crippen LogP contribution >= 0.6 is 22.7 Å². The molecule has 0 radical (unpaired) electrons. The lowest BCUT2D eigenvalue weighted by atomic mass is 10.0. The maximum absolute atomic E-state index is 13.4. The average Bonchev–Trinajstić information content (AvgIpc) is 3.47. The molecule has 0 aliphatic rings. The second-order valence-corrected chi connectivity index (χ2v) is 9.59. The van der Waals surface area contributed by atoms with Gasteiger partial charge in [-0.2, -0.15) is 0 Å². The number of thiophene rings is 1. The number of benzene rings is 2. The van der Waals surface area contributed by atoms with Gasteiger partial charge in [0.2, 0.25) is 5.91 Å². The summed E-state index contributed by atoms with van der Waals surface area (Å²) < 4.78 is 12.6. The summed E-state index contributed by atoms with van der Waals surface area (Å²) in [7, 11) is 1.58. The molecule has 0 aliphatic carbocycles. The number of methoxy groups -OCH3 is 1. The smallest absolute Gasteiger partial charge is 0.333 e. The molecule has 4 aromatic rings. The fraction of sp³-hybridized carbons (Fsp3) is 0.192. The highest BCUT2D eigenvalue weighted by atomic mass is 32.1. The molecule has 9 heteroatoms. The van der Waals surface area contributed by atoms with Crippen LogP contribution in [0.1, 0.15) is 17.4 Å². The number of esters is 1. The summed E-state index contributed by atoms with van der Waals surface area (Å²) in [5.41, 5.74) is 0.382. The normalized spacial score (nSPS) is 12.2. The first-order chi connectivity index (χ1) is 17.0. The topological polar surface area (TPSA) is 86.6 Å². The molecule has 0 atom stereocenters. The lowest BCUT2D eigenvalue weighted by Crippen LogP contribution is -2.38. The molecule has 180 valence electrons. The summed E-state index contributed by atoms with van der Waals surface area (Å²) in [6.07, 6.45) is 3.00. The van der Waals surface area contributed by atoms with Crippen molar-refractivity contribution in [2.45, 2.75) is 20.0 Å². The van der Waals surface area contributed by atoms with Crippen molar-refractivity contribution in [3.63, 3.8) is 0 Å². The quantitative estimate of drug-likeness (QED) is 0.370. The Bertz CT molecular complexity index is 1530. The van der Waals surface area contributed by atoms with Gasteiger partial charge in [-0.25, -0.2) is 4.79 Å². The van der Waals surface area contributed by atoms with E-state index in [0.717, 1.165) is 32.5 Å². The van der Waals surface area contributed by atoms with Gasteiger partial charge in [0.15, 0.2) is 0 Å². The molecule has 0 bridgehead atoms. The molecular formula is C26H24N2O5S2. The molecule has 1 N–H and O–H groups in total. The Morgan fingerprint density at radius 3 is 2.69 bits per heavy atom. The molecule has 0 fully saturated rings. The number of nitrogens with zero attached hydrogens (tertiary/aromatic N) is 1. The van der Waals surface area contributed by atoms with E-state index < -0.39 is 5.97 Å². The molecule has 35 heavy (non-hydrogen) atoms. The van der Waals surface area contributed by atoms with Gasteiger partial charge in [0.25, 0.3) is 5.56 Å². The van der Waals surface area contributed by atoms with Gasteiger partial charge in [-0.3, -0.25) is 14.2 Å². The predicted molar refractivity (Wildman–Crippen MR) is 139 cm³/mol. The maximum atomic E-state index is 13.4. The molecule has 0 saturated heterocycles. The predicted octanol–water partition coefficient (Wildman–Crippen LogP) is 2.62. The first kappa shape index (κ1) is 24.4. The number of aromatic nitrogens is 1. The van der Waals surface area contributed by atoms with Crippen LogP contribution in [0.5, 0.6) is 5.75 Å². The van der Waals surface area contributed by atoms with Gasteiger partial charge < -0.3 is 14.8 Å². The van der Waals surface area contributed by atoms with Crippen LogP contribution < -0.4 is 24.8 Å². The molecule has 0 aliphatic heterocycles. The number of carbonyl (C=O) groups is 2. The molecule has 2 heterocycles. The van der Waals surface area contributed by atoms with E-state index >= 15 is 0 Å². The van der Waals surface area contributed by atoms with Crippen molar-refractivity contribution in [3.8, 4) is 5.75 Å². The van der Waals surface area contributed by atoms with Crippen molar-refractivity contribution in [1.82, 2.24) is 9.88 Å². The Balaban J connectivity index is 1.79. The van der Waals surface area contributed by atoms with Crippen LogP contribution in [0.2, 0.25) is 0 Å². The van der Waals surface area contributed by atoms with Crippen LogP contribution in [0.15, 0.2) is 58.7 Å². The van der Waals surface area contributed by atoms with E-state index in [1.54, 1.807) is 20.1 Å². The van der Waals surface area contributed by atoms with Gasteiger partial charge in [0.05, 0.1) is 30.9 Å². The zero-order valence-electron chi connectivity index (χ0n) is 19.3. The standard InChI is InChI=1S/C26H24N2O5S2/c1-3-33-25(30)14-24-28(16-23(29)27-15-18-8-6-12-34-18)26(31)22(35-24)13-20-19-9-5-4-7-17(19)10-11-21(20)32-2/h4-14H,3,15-16H2,1-2H3,(H,27,29)/b22-13-,24-14-. The first-order valence-corrected chi connectivity index (χ1v) is 12.6. The molecule has 0 spiro atoms. The highest BCUT2D eigenvalue weighted by molar-refractivity contribution is 7.09. The van der Waals surface area contributed by atoms with Crippen molar-refractivity contribution >= 4 is 57.5 Å². The molecule has 0 unspecified atom stereocenters. The van der Waals surface area contributed by atoms with Gasteiger partial charge >= 0.3 is 5.97 Å². The van der Waals surface area contributed by atoms with Crippen LogP contribution in [0.25, 0.3) is 22.9 Å². The van der Waals surface area contributed by atoms with E-state index in [4.69, 9.17) is 9.47 Å². The molecular weight excluding hydrogens is 484 g/mol. The largest absolute Gasteiger partial charge is 0.496 e. The monoisotopic (exact) mass is 508 g/mol. The van der Waals surface area contributed by atoms with Crippen LogP contribution in [-0.2, 0) is 27.4 Å². The Morgan fingerprint density at radius 2 is 1.94 bits per heavy atom. The molecule has 2 aromatic heterocycles. The van der Waals surface area contributed by atoms with Crippen LogP contribution in [0, 0.1) is 0 Å². The summed E-state index contributed by atoms with van der Waals surface area (Å²) >= 11 is 2.66. The van der Waals surface area contributed by atoms with Gasteiger partial charge in [0.1, 0.15) is 17.0 Å². The first-order valence-electron chi connectivity index (χ1n) is 10.9.